The molecule has 0 aliphatic rings. The molecule has 0 heterocycles. The number of carbonyl (C=O) groups excluding carboxylic acids is 1. The van der Waals surface area contributed by atoms with Gasteiger partial charge in [-0.25, -0.2) is 5.43 Å². The van der Waals surface area contributed by atoms with Gasteiger partial charge in [0.25, 0.3) is 5.91 Å². The average molecular weight is 268 g/mol. The van der Waals surface area contributed by atoms with Gasteiger partial charge >= 0.3 is 0 Å². The van der Waals surface area contributed by atoms with Crippen molar-refractivity contribution in [1.29, 1.82) is 0 Å². The van der Waals surface area contributed by atoms with Crippen LogP contribution in [0.3, 0.4) is 0 Å². The first kappa shape index (κ1) is 13.8. The molecule has 0 spiro atoms. The minimum absolute atomic E-state index is 0.128. The third-order valence-electron chi connectivity index (χ3n) is 2.86. The van der Waals surface area contributed by atoms with Crippen LogP contribution in [0.1, 0.15) is 29.3 Å². The lowest BCUT2D eigenvalue weighted by atomic mass is 10.1. The van der Waals surface area contributed by atoms with Gasteiger partial charge in [0, 0.05) is 5.56 Å². The van der Waals surface area contributed by atoms with Gasteiger partial charge in [0.2, 0.25) is 0 Å². The number of rotatable bonds is 4. The monoisotopic (exact) mass is 268 g/mol. The molecule has 20 heavy (non-hydrogen) atoms. The molecular formula is C16H16N2O2. The van der Waals surface area contributed by atoms with E-state index in [1.165, 1.54) is 12.1 Å². The molecule has 0 unspecified atom stereocenters. The summed E-state index contributed by atoms with van der Waals surface area (Å²) in [6.07, 6.45) is 0.722. The number of phenolic OH excluding ortho intramolecular Hbond substituents is 1. The third-order valence-corrected chi connectivity index (χ3v) is 2.86. The Labute approximate surface area is 117 Å². The predicted octanol–water partition coefficient (Wildman–Crippen LogP) is 2.94. The maximum Gasteiger partial charge on any atom is 0.271 e. The van der Waals surface area contributed by atoms with Gasteiger partial charge < -0.3 is 5.11 Å². The zero-order chi connectivity index (χ0) is 14.4. The Hall–Kier alpha value is -2.62. The highest BCUT2D eigenvalue weighted by molar-refractivity contribution is 6.02. The molecule has 2 aromatic carbocycles. The summed E-state index contributed by atoms with van der Waals surface area (Å²) in [4.78, 5) is 11.9. The fourth-order valence-corrected chi connectivity index (χ4v) is 1.77. The summed E-state index contributed by atoms with van der Waals surface area (Å²) in [6, 6.07) is 15.7. The molecule has 0 radical (unpaired) electrons. The topological polar surface area (TPSA) is 61.7 Å². The summed E-state index contributed by atoms with van der Waals surface area (Å²) in [7, 11) is 0. The fraction of sp³-hybridized carbons (Fsp3) is 0.125. The minimum Gasteiger partial charge on any atom is -0.508 e. The zero-order valence-electron chi connectivity index (χ0n) is 11.2. The number of carbonyl (C=O) groups is 1. The zero-order valence-corrected chi connectivity index (χ0v) is 11.2. The van der Waals surface area contributed by atoms with Crippen LogP contribution < -0.4 is 5.43 Å². The quantitative estimate of drug-likeness (QED) is 0.661. The van der Waals surface area contributed by atoms with Gasteiger partial charge in [-0.1, -0.05) is 37.3 Å². The number of amides is 1. The van der Waals surface area contributed by atoms with Gasteiger partial charge in [0.15, 0.2) is 0 Å². The molecule has 0 fully saturated rings. The van der Waals surface area contributed by atoms with Crippen LogP contribution in [0, 0.1) is 0 Å². The smallest absolute Gasteiger partial charge is 0.271 e. The summed E-state index contributed by atoms with van der Waals surface area (Å²) in [5.41, 5.74) is 4.79. The van der Waals surface area contributed by atoms with Crippen LogP contribution >= 0.6 is 0 Å². The summed E-state index contributed by atoms with van der Waals surface area (Å²) >= 11 is 0. The number of aromatic hydroxyl groups is 1. The molecule has 0 atom stereocenters. The van der Waals surface area contributed by atoms with Crippen LogP contribution in [0.15, 0.2) is 59.7 Å². The molecule has 0 saturated carbocycles. The van der Waals surface area contributed by atoms with E-state index in [1.807, 2.05) is 37.3 Å². The van der Waals surface area contributed by atoms with Crippen molar-refractivity contribution < 1.29 is 9.90 Å². The Morgan fingerprint density at radius 3 is 2.30 bits per heavy atom. The number of hydrazone groups is 1. The molecule has 2 N–H and O–H groups in total. The second-order valence-corrected chi connectivity index (χ2v) is 4.27. The lowest BCUT2D eigenvalue weighted by Gasteiger charge is -2.05. The second kappa shape index (κ2) is 6.52. The Morgan fingerprint density at radius 2 is 1.70 bits per heavy atom. The molecule has 102 valence electrons. The van der Waals surface area contributed by atoms with Gasteiger partial charge in [0.05, 0.1) is 5.71 Å². The molecule has 0 aliphatic carbocycles. The molecule has 2 rings (SSSR count). The molecule has 4 heteroatoms. The molecule has 2 aromatic rings. The maximum absolute atomic E-state index is 11.9. The molecule has 4 nitrogen and oxygen atoms in total. The lowest BCUT2D eigenvalue weighted by Crippen LogP contribution is -2.19. The van der Waals surface area contributed by atoms with Crippen LogP contribution in [0.5, 0.6) is 5.75 Å². The number of nitrogens with one attached hydrogen (secondary N) is 1. The number of nitrogens with zero attached hydrogens (tertiary/aromatic N) is 1. The van der Waals surface area contributed by atoms with E-state index in [1.54, 1.807) is 12.1 Å². The van der Waals surface area contributed by atoms with E-state index in [0.29, 0.717) is 5.56 Å². The number of hydrogen-bond acceptors (Lipinski definition) is 3. The van der Waals surface area contributed by atoms with Crippen molar-refractivity contribution in [2.75, 3.05) is 0 Å². The normalized spacial score (nSPS) is 11.2. The fourth-order valence-electron chi connectivity index (χ4n) is 1.77. The highest BCUT2D eigenvalue weighted by Crippen LogP contribution is 2.09. The number of benzene rings is 2. The van der Waals surface area contributed by atoms with E-state index in [9.17, 15) is 9.90 Å². The highest BCUT2D eigenvalue weighted by atomic mass is 16.3. The number of phenols is 1. The Balaban J connectivity index is 2.11. The van der Waals surface area contributed by atoms with Gasteiger partial charge in [-0.15, -0.1) is 0 Å². The van der Waals surface area contributed by atoms with E-state index >= 15 is 0 Å². The van der Waals surface area contributed by atoms with Crippen molar-refractivity contribution in [2.24, 2.45) is 5.10 Å². The first-order valence-electron chi connectivity index (χ1n) is 6.42. The summed E-state index contributed by atoms with van der Waals surface area (Å²) in [5.74, 6) is -0.171. The predicted molar refractivity (Wildman–Crippen MR) is 78.8 cm³/mol. The molecule has 0 aliphatic heterocycles. The minimum atomic E-state index is -0.299. The van der Waals surface area contributed by atoms with Gasteiger partial charge in [-0.2, -0.15) is 5.10 Å². The van der Waals surface area contributed by atoms with E-state index < -0.39 is 0 Å². The van der Waals surface area contributed by atoms with E-state index in [2.05, 4.69) is 10.5 Å². The first-order valence-corrected chi connectivity index (χ1v) is 6.42. The molecular weight excluding hydrogens is 252 g/mol. The molecule has 1 amide bonds. The Kier molecular flexibility index (Phi) is 4.50. The lowest BCUT2D eigenvalue weighted by molar-refractivity contribution is 0.0955. The van der Waals surface area contributed by atoms with Crippen LogP contribution in [-0.2, 0) is 0 Å². The molecule has 0 aromatic heterocycles. The van der Waals surface area contributed by atoms with E-state index in [4.69, 9.17) is 0 Å². The third kappa shape index (κ3) is 3.45. The van der Waals surface area contributed by atoms with Crippen LogP contribution in [0.4, 0.5) is 0 Å². The van der Waals surface area contributed by atoms with Gasteiger partial charge in [0.1, 0.15) is 5.75 Å². The molecule has 0 bridgehead atoms. The number of hydrogen-bond donors (Lipinski definition) is 2. The Bertz CT molecular complexity index is 604. The first-order chi connectivity index (χ1) is 9.70. The van der Waals surface area contributed by atoms with Gasteiger partial charge in [-0.05, 0) is 36.2 Å². The highest BCUT2D eigenvalue weighted by Gasteiger charge is 2.05. The largest absolute Gasteiger partial charge is 0.508 e. The van der Waals surface area contributed by atoms with Crippen molar-refractivity contribution in [3.63, 3.8) is 0 Å². The van der Waals surface area contributed by atoms with Gasteiger partial charge in [-0.3, -0.25) is 4.79 Å². The van der Waals surface area contributed by atoms with Crippen molar-refractivity contribution >= 4 is 11.6 Å². The Morgan fingerprint density at radius 1 is 1.05 bits per heavy atom. The summed E-state index contributed by atoms with van der Waals surface area (Å²) in [6.45, 7) is 1.98. The SMILES string of the molecule is CCC(=NNC(=O)c1ccc(O)cc1)c1ccccc1. The van der Waals surface area contributed by atoms with Crippen LogP contribution in [-0.4, -0.2) is 16.7 Å². The standard InChI is InChI=1S/C16H16N2O2/c1-2-15(12-6-4-3-5-7-12)17-18-16(20)13-8-10-14(19)11-9-13/h3-11,19H,2H2,1H3,(H,18,20). The van der Waals surface area contributed by atoms with Crippen molar-refractivity contribution in [1.82, 2.24) is 5.43 Å². The van der Waals surface area contributed by atoms with Crippen LogP contribution in [0.2, 0.25) is 0 Å². The van der Waals surface area contributed by atoms with E-state index in [0.717, 1.165) is 17.7 Å². The second-order valence-electron chi connectivity index (χ2n) is 4.27. The summed E-state index contributed by atoms with van der Waals surface area (Å²) < 4.78 is 0. The summed E-state index contributed by atoms with van der Waals surface area (Å²) in [5, 5.41) is 13.3. The van der Waals surface area contributed by atoms with Crippen molar-refractivity contribution in [3.8, 4) is 5.75 Å². The van der Waals surface area contributed by atoms with E-state index in [-0.39, 0.29) is 11.7 Å². The van der Waals surface area contributed by atoms with Crippen LogP contribution in [0.25, 0.3) is 0 Å². The average Bonchev–Trinajstić information content (AvgIpc) is 2.49. The van der Waals surface area contributed by atoms with Crippen molar-refractivity contribution in [3.05, 3.63) is 65.7 Å². The molecule has 0 saturated heterocycles. The van der Waals surface area contributed by atoms with Crippen molar-refractivity contribution in [2.45, 2.75) is 13.3 Å². The maximum atomic E-state index is 11.9.